The van der Waals surface area contributed by atoms with E-state index < -0.39 is 12.0 Å². The number of hydrogen-bond donors (Lipinski definition) is 2. The molecule has 6 heteroatoms. The highest BCUT2D eigenvalue weighted by atomic mass is 79.9. The van der Waals surface area contributed by atoms with E-state index in [1.54, 1.807) is 11.4 Å². The van der Waals surface area contributed by atoms with Crippen molar-refractivity contribution in [3.63, 3.8) is 0 Å². The van der Waals surface area contributed by atoms with Crippen LogP contribution in [-0.4, -0.2) is 23.0 Å². The zero-order chi connectivity index (χ0) is 13.0. The van der Waals surface area contributed by atoms with Crippen LogP contribution in [0, 0.1) is 5.92 Å². The lowest BCUT2D eigenvalue weighted by Gasteiger charge is -2.15. The first kappa shape index (κ1) is 14.2. The van der Waals surface area contributed by atoms with E-state index in [0.717, 1.165) is 4.47 Å². The molecule has 0 unspecified atom stereocenters. The molecular formula is C11H14BrNO3S. The lowest BCUT2D eigenvalue weighted by molar-refractivity contribution is -0.139. The molecule has 0 bridgehead atoms. The van der Waals surface area contributed by atoms with Crippen LogP contribution in [0.15, 0.2) is 15.9 Å². The molecular weight excluding hydrogens is 306 g/mol. The third-order valence-corrected chi connectivity index (χ3v) is 3.79. The third kappa shape index (κ3) is 4.47. The van der Waals surface area contributed by atoms with Gasteiger partial charge in [-0.25, -0.2) is 4.79 Å². The summed E-state index contributed by atoms with van der Waals surface area (Å²) in [5, 5.41) is 13.3. The topological polar surface area (TPSA) is 66.4 Å². The van der Waals surface area contributed by atoms with Gasteiger partial charge in [0, 0.05) is 9.85 Å². The van der Waals surface area contributed by atoms with Crippen LogP contribution in [0.5, 0.6) is 0 Å². The molecule has 1 heterocycles. The Kier molecular flexibility index (Phi) is 5.14. The predicted molar refractivity (Wildman–Crippen MR) is 70.4 cm³/mol. The summed E-state index contributed by atoms with van der Waals surface area (Å²) in [5.41, 5.74) is 0. The van der Waals surface area contributed by atoms with Gasteiger partial charge in [0.05, 0.1) is 4.88 Å². The van der Waals surface area contributed by atoms with Gasteiger partial charge in [-0.1, -0.05) is 13.8 Å². The Morgan fingerprint density at radius 2 is 2.18 bits per heavy atom. The number of aliphatic carboxylic acids is 1. The zero-order valence-electron chi connectivity index (χ0n) is 9.57. The van der Waals surface area contributed by atoms with Crippen LogP contribution < -0.4 is 5.32 Å². The monoisotopic (exact) mass is 319 g/mol. The minimum absolute atomic E-state index is 0.214. The number of hydrogen-bond acceptors (Lipinski definition) is 3. The summed E-state index contributed by atoms with van der Waals surface area (Å²) >= 11 is 4.53. The fourth-order valence-electron chi connectivity index (χ4n) is 1.35. The highest BCUT2D eigenvalue weighted by molar-refractivity contribution is 9.10. The lowest BCUT2D eigenvalue weighted by Crippen LogP contribution is -2.41. The second kappa shape index (κ2) is 6.16. The molecule has 0 saturated carbocycles. The van der Waals surface area contributed by atoms with Crippen molar-refractivity contribution in [1.29, 1.82) is 0 Å². The van der Waals surface area contributed by atoms with Crippen molar-refractivity contribution >= 4 is 39.1 Å². The van der Waals surface area contributed by atoms with Gasteiger partial charge in [-0.3, -0.25) is 4.79 Å². The number of thiophene rings is 1. The minimum Gasteiger partial charge on any atom is -0.480 e. The molecule has 1 aromatic heterocycles. The van der Waals surface area contributed by atoms with Crippen LogP contribution in [0.4, 0.5) is 0 Å². The van der Waals surface area contributed by atoms with Crippen molar-refractivity contribution in [2.45, 2.75) is 26.3 Å². The summed E-state index contributed by atoms with van der Waals surface area (Å²) in [7, 11) is 0. The van der Waals surface area contributed by atoms with Gasteiger partial charge >= 0.3 is 5.97 Å². The van der Waals surface area contributed by atoms with E-state index in [1.165, 1.54) is 11.3 Å². The van der Waals surface area contributed by atoms with E-state index in [0.29, 0.717) is 11.3 Å². The maximum Gasteiger partial charge on any atom is 0.326 e. The first-order chi connectivity index (χ1) is 7.90. The average molecular weight is 320 g/mol. The van der Waals surface area contributed by atoms with Gasteiger partial charge in [-0.2, -0.15) is 0 Å². The van der Waals surface area contributed by atoms with E-state index in [4.69, 9.17) is 5.11 Å². The van der Waals surface area contributed by atoms with Gasteiger partial charge in [0.15, 0.2) is 0 Å². The van der Waals surface area contributed by atoms with E-state index in [9.17, 15) is 9.59 Å². The minimum atomic E-state index is -0.998. The van der Waals surface area contributed by atoms with E-state index in [2.05, 4.69) is 21.2 Å². The number of amides is 1. The SMILES string of the molecule is CC(C)C[C@H](NC(=O)c1cc(Br)cs1)C(=O)O. The first-order valence-electron chi connectivity index (χ1n) is 5.18. The molecule has 0 fully saturated rings. The van der Waals surface area contributed by atoms with Crippen molar-refractivity contribution < 1.29 is 14.7 Å². The smallest absolute Gasteiger partial charge is 0.326 e. The van der Waals surface area contributed by atoms with Crippen molar-refractivity contribution in [2.24, 2.45) is 5.92 Å². The van der Waals surface area contributed by atoms with Gasteiger partial charge in [-0.15, -0.1) is 11.3 Å². The van der Waals surface area contributed by atoms with Gasteiger partial charge in [-0.05, 0) is 34.3 Å². The largest absolute Gasteiger partial charge is 0.480 e. The predicted octanol–water partition coefficient (Wildman–Crippen LogP) is 2.74. The highest BCUT2D eigenvalue weighted by Crippen LogP contribution is 2.19. The molecule has 1 amide bonds. The molecule has 0 radical (unpaired) electrons. The first-order valence-corrected chi connectivity index (χ1v) is 6.85. The van der Waals surface area contributed by atoms with Gasteiger partial charge in [0.25, 0.3) is 5.91 Å². The number of halogens is 1. The normalized spacial score (nSPS) is 12.5. The Morgan fingerprint density at radius 1 is 1.53 bits per heavy atom. The van der Waals surface area contributed by atoms with Crippen LogP contribution in [0.1, 0.15) is 29.9 Å². The van der Waals surface area contributed by atoms with Crippen LogP contribution in [-0.2, 0) is 4.79 Å². The van der Waals surface area contributed by atoms with Gasteiger partial charge in [0.2, 0.25) is 0 Å². The number of rotatable bonds is 5. The molecule has 1 aromatic rings. The number of carbonyl (C=O) groups excluding carboxylic acids is 1. The quantitative estimate of drug-likeness (QED) is 0.877. The summed E-state index contributed by atoms with van der Waals surface area (Å²) in [6.45, 7) is 3.84. The fraction of sp³-hybridized carbons (Fsp3) is 0.455. The summed E-state index contributed by atoms with van der Waals surface area (Å²) in [6.07, 6.45) is 0.424. The number of carboxylic acids is 1. The molecule has 0 spiro atoms. The Hall–Kier alpha value is -0.880. The second-order valence-electron chi connectivity index (χ2n) is 4.12. The Bertz CT molecular complexity index is 417. The standard InChI is InChI=1S/C11H14BrNO3S/c1-6(2)3-8(11(15)16)13-10(14)9-4-7(12)5-17-9/h4-6,8H,3H2,1-2H3,(H,13,14)(H,15,16)/t8-/m0/s1. The maximum atomic E-state index is 11.8. The number of nitrogens with one attached hydrogen (secondary N) is 1. The molecule has 94 valence electrons. The second-order valence-corrected chi connectivity index (χ2v) is 5.95. The molecule has 0 saturated heterocycles. The van der Waals surface area contributed by atoms with Crippen molar-refractivity contribution in [3.8, 4) is 0 Å². The summed E-state index contributed by atoms with van der Waals surface area (Å²) in [4.78, 5) is 23.3. The molecule has 2 N–H and O–H groups in total. The summed E-state index contributed by atoms with van der Waals surface area (Å²) in [6, 6.07) is 0.845. The van der Waals surface area contributed by atoms with Crippen LogP contribution >= 0.6 is 27.3 Å². The van der Waals surface area contributed by atoms with E-state index in [1.807, 2.05) is 13.8 Å². The summed E-state index contributed by atoms with van der Waals surface area (Å²) in [5.74, 6) is -1.12. The molecule has 0 aliphatic heterocycles. The summed E-state index contributed by atoms with van der Waals surface area (Å²) < 4.78 is 0.823. The van der Waals surface area contributed by atoms with Crippen LogP contribution in [0.2, 0.25) is 0 Å². The molecule has 1 atom stereocenters. The Labute approximate surface area is 112 Å². The van der Waals surface area contributed by atoms with E-state index >= 15 is 0 Å². The van der Waals surface area contributed by atoms with Crippen molar-refractivity contribution in [2.75, 3.05) is 0 Å². The van der Waals surface area contributed by atoms with E-state index in [-0.39, 0.29) is 11.8 Å². The Balaban J connectivity index is 2.67. The van der Waals surface area contributed by atoms with Crippen molar-refractivity contribution in [3.05, 3.63) is 20.8 Å². The molecule has 0 aromatic carbocycles. The average Bonchev–Trinajstić information content (AvgIpc) is 2.63. The number of carbonyl (C=O) groups is 2. The molecule has 17 heavy (non-hydrogen) atoms. The lowest BCUT2D eigenvalue weighted by atomic mass is 10.0. The van der Waals surface area contributed by atoms with Gasteiger partial charge < -0.3 is 10.4 Å². The van der Waals surface area contributed by atoms with Crippen LogP contribution in [0.3, 0.4) is 0 Å². The van der Waals surface area contributed by atoms with Gasteiger partial charge in [0.1, 0.15) is 6.04 Å². The zero-order valence-corrected chi connectivity index (χ0v) is 12.0. The van der Waals surface area contributed by atoms with Crippen LogP contribution in [0.25, 0.3) is 0 Å². The van der Waals surface area contributed by atoms with Crippen molar-refractivity contribution in [1.82, 2.24) is 5.32 Å². The number of carboxylic acid groups (broad SMARTS) is 1. The molecule has 1 rings (SSSR count). The highest BCUT2D eigenvalue weighted by Gasteiger charge is 2.22. The maximum absolute atomic E-state index is 11.8. The Morgan fingerprint density at radius 3 is 2.59 bits per heavy atom. The third-order valence-electron chi connectivity index (χ3n) is 2.10. The molecule has 4 nitrogen and oxygen atoms in total. The molecule has 0 aliphatic rings. The fourth-order valence-corrected chi connectivity index (χ4v) is 2.68. The molecule has 0 aliphatic carbocycles.